The first-order chi connectivity index (χ1) is 14.8. The van der Waals surface area contributed by atoms with Crippen molar-refractivity contribution in [1.82, 2.24) is 16.0 Å². The third kappa shape index (κ3) is 6.82. The quantitative estimate of drug-likeness (QED) is 0.554. The van der Waals surface area contributed by atoms with E-state index in [0.29, 0.717) is 43.6 Å². The number of aliphatic hydroxyl groups is 1. The monoisotopic (exact) mass is 434 g/mol. The number of nitrogens with zero attached hydrogens (tertiary/aromatic N) is 1. The molecule has 1 saturated heterocycles. The van der Waals surface area contributed by atoms with Crippen molar-refractivity contribution in [2.45, 2.75) is 77.1 Å². The highest BCUT2D eigenvalue weighted by molar-refractivity contribution is 5.79. The first-order valence-electron chi connectivity index (χ1n) is 11.4. The van der Waals surface area contributed by atoms with Gasteiger partial charge in [0.2, 0.25) is 5.91 Å². The molecule has 4 N–H and O–H groups in total. The van der Waals surface area contributed by atoms with E-state index in [4.69, 9.17) is 0 Å². The van der Waals surface area contributed by atoms with Gasteiger partial charge in [-0.25, -0.2) is 9.18 Å². The average Bonchev–Trinajstić information content (AvgIpc) is 2.73. The van der Waals surface area contributed by atoms with E-state index in [2.05, 4.69) is 16.0 Å². The fourth-order valence-electron chi connectivity index (χ4n) is 4.40. The van der Waals surface area contributed by atoms with Crippen LogP contribution in [0.3, 0.4) is 0 Å². The van der Waals surface area contributed by atoms with Crippen LogP contribution in [0.2, 0.25) is 0 Å². The van der Waals surface area contributed by atoms with Crippen LogP contribution >= 0.6 is 0 Å². The molecule has 2 atom stereocenters. The van der Waals surface area contributed by atoms with Crippen molar-refractivity contribution in [3.63, 3.8) is 0 Å². The Morgan fingerprint density at radius 3 is 2.61 bits per heavy atom. The van der Waals surface area contributed by atoms with E-state index < -0.39 is 0 Å². The molecule has 3 rings (SSSR count). The van der Waals surface area contributed by atoms with Crippen LogP contribution in [0.5, 0.6) is 0 Å². The van der Waals surface area contributed by atoms with E-state index >= 15 is 0 Å². The molecular formula is C23H35FN4O3. The SMILES string of the molecule is CC(C)NC(=O)C1CCCC(NC(=O)NCc2ccc(N3CCC(O)CC3)c(F)c2)C1. The molecule has 3 amide bonds. The summed E-state index contributed by atoms with van der Waals surface area (Å²) in [7, 11) is 0. The third-order valence-electron chi connectivity index (χ3n) is 6.08. The first-order valence-corrected chi connectivity index (χ1v) is 11.4. The normalized spacial score (nSPS) is 22.3. The fourth-order valence-corrected chi connectivity index (χ4v) is 4.40. The zero-order valence-corrected chi connectivity index (χ0v) is 18.5. The number of halogens is 1. The van der Waals surface area contributed by atoms with Crippen molar-refractivity contribution in [1.29, 1.82) is 0 Å². The molecule has 1 aromatic carbocycles. The Morgan fingerprint density at radius 1 is 1.19 bits per heavy atom. The number of amides is 3. The Kier molecular flexibility index (Phi) is 8.12. The number of benzene rings is 1. The lowest BCUT2D eigenvalue weighted by Crippen LogP contribution is -2.46. The summed E-state index contributed by atoms with van der Waals surface area (Å²) in [5.74, 6) is -0.331. The van der Waals surface area contributed by atoms with Gasteiger partial charge in [0.25, 0.3) is 0 Å². The molecule has 31 heavy (non-hydrogen) atoms. The van der Waals surface area contributed by atoms with Crippen LogP contribution in [0.1, 0.15) is 57.9 Å². The van der Waals surface area contributed by atoms with E-state index in [0.717, 1.165) is 19.3 Å². The summed E-state index contributed by atoms with van der Waals surface area (Å²) in [6, 6.07) is 4.78. The maximum Gasteiger partial charge on any atom is 0.315 e. The van der Waals surface area contributed by atoms with E-state index in [1.807, 2.05) is 24.8 Å². The van der Waals surface area contributed by atoms with E-state index in [9.17, 15) is 19.1 Å². The molecule has 0 spiro atoms. The predicted molar refractivity (Wildman–Crippen MR) is 118 cm³/mol. The van der Waals surface area contributed by atoms with Gasteiger partial charge in [-0.2, -0.15) is 0 Å². The van der Waals surface area contributed by atoms with Gasteiger partial charge in [0.1, 0.15) is 5.82 Å². The second kappa shape index (κ2) is 10.8. The van der Waals surface area contributed by atoms with Gasteiger partial charge in [0.15, 0.2) is 0 Å². The number of piperidine rings is 1. The highest BCUT2D eigenvalue weighted by atomic mass is 19.1. The van der Waals surface area contributed by atoms with Crippen molar-refractivity contribution < 1.29 is 19.1 Å². The molecule has 1 aliphatic heterocycles. The first kappa shape index (κ1) is 23.3. The number of aliphatic hydroxyl groups excluding tert-OH is 1. The molecule has 8 heteroatoms. The number of hydrogen-bond acceptors (Lipinski definition) is 4. The highest BCUT2D eigenvalue weighted by Gasteiger charge is 2.28. The maximum absolute atomic E-state index is 14.6. The lowest BCUT2D eigenvalue weighted by Gasteiger charge is -2.31. The zero-order valence-electron chi connectivity index (χ0n) is 18.5. The Bertz CT molecular complexity index is 765. The topological polar surface area (TPSA) is 93.7 Å². The Balaban J connectivity index is 1.46. The number of anilines is 1. The van der Waals surface area contributed by atoms with Gasteiger partial charge >= 0.3 is 6.03 Å². The lowest BCUT2D eigenvalue weighted by atomic mass is 9.85. The van der Waals surface area contributed by atoms with Crippen LogP contribution in [-0.2, 0) is 11.3 Å². The van der Waals surface area contributed by atoms with Gasteiger partial charge < -0.3 is 26.0 Å². The number of urea groups is 1. The minimum atomic E-state index is -0.317. The molecule has 7 nitrogen and oxygen atoms in total. The summed E-state index contributed by atoms with van der Waals surface area (Å²) in [4.78, 5) is 26.5. The van der Waals surface area contributed by atoms with Gasteiger partial charge in [-0.1, -0.05) is 12.5 Å². The van der Waals surface area contributed by atoms with Crippen LogP contribution in [-0.4, -0.2) is 48.3 Å². The van der Waals surface area contributed by atoms with Crippen LogP contribution in [0.4, 0.5) is 14.9 Å². The largest absolute Gasteiger partial charge is 0.393 e. The third-order valence-corrected chi connectivity index (χ3v) is 6.08. The fraction of sp³-hybridized carbons (Fsp3) is 0.652. The maximum atomic E-state index is 14.6. The second-order valence-corrected chi connectivity index (χ2v) is 9.05. The summed E-state index contributed by atoms with van der Waals surface area (Å²) < 4.78 is 14.6. The van der Waals surface area contributed by atoms with Crippen molar-refractivity contribution in [3.05, 3.63) is 29.6 Å². The number of hydrogen-bond donors (Lipinski definition) is 4. The van der Waals surface area contributed by atoms with E-state index in [-0.39, 0.29) is 48.4 Å². The molecule has 0 bridgehead atoms. The van der Waals surface area contributed by atoms with Crippen molar-refractivity contribution >= 4 is 17.6 Å². The predicted octanol–water partition coefficient (Wildman–Crippen LogP) is 2.67. The van der Waals surface area contributed by atoms with Crippen LogP contribution in [0, 0.1) is 11.7 Å². The molecule has 2 aliphatic rings. The van der Waals surface area contributed by atoms with Crippen LogP contribution in [0.25, 0.3) is 0 Å². The minimum absolute atomic E-state index is 0.0368. The van der Waals surface area contributed by atoms with Gasteiger partial charge in [-0.15, -0.1) is 0 Å². The molecule has 1 aromatic rings. The Labute approximate surface area is 183 Å². The summed E-state index contributed by atoms with van der Waals surface area (Å²) in [6.07, 6.45) is 4.23. The standard InChI is InChI=1S/C23H35FN4O3/c1-15(2)26-22(30)17-4-3-5-18(13-17)27-23(31)25-14-16-6-7-21(20(24)12-16)28-10-8-19(29)9-11-28/h6-7,12,15,17-19,29H,3-5,8-11,13-14H2,1-2H3,(H,26,30)(H2,25,27,31). The molecule has 1 saturated carbocycles. The molecule has 1 heterocycles. The molecule has 1 aliphatic carbocycles. The minimum Gasteiger partial charge on any atom is -0.393 e. The summed E-state index contributed by atoms with van der Waals surface area (Å²) in [5, 5.41) is 18.3. The number of rotatable bonds is 6. The number of carbonyl (C=O) groups excluding carboxylic acids is 2. The number of carbonyl (C=O) groups is 2. The molecule has 0 radical (unpaired) electrons. The summed E-state index contributed by atoms with van der Waals surface area (Å²) in [6.45, 7) is 5.38. The molecular weight excluding hydrogens is 399 g/mol. The smallest absolute Gasteiger partial charge is 0.315 e. The second-order valence-electron chi connectivity index (χ2n) is 9.05. The summed E-state index contributed by atoms with van der Waals surface area (Å²) >= 11 is 0. The molecule has 172 valence electrons. The van der Waals surface area contributed by atoms with E-state index in [1.165, 1.54) is 6.07 Å². The van der Waals surface area contributed by atoms with Crippen molar-refractivity contribution in [2.75, 3.05) is 18.0 Å². The van der Waals surface area contributed by atoms with Crippen molar-refractivity contribution in [3.8, 4) is 0 Å². The molecule has 0 aromatic heterocycles. The van der Waals surface area contributed by atoms with Gasteiger partial charge in [0.05, 0.1) is 11.8 Å². The Hall–Kier alpha value is -2.35. The van der Waals surface area contributed by atoms with E-state index in [1.54, 1.807) is 6.07 Å². The Morgan fingerprint density at radius 2 is 1.94 bits per heavy atom. The lowest BCUT2D eigenvalue weighted by molar-refractivity contribution is -0.126. The zero-order chi connectivity index (χ0) is 22.4. The summed E-state index contributed by atoms with van der Waals surface area (Å²) in [5.41, 5.74) is 1.22. The van der Waals surface area contributed by atoms with Gasteiger partial charge in [0, 0.05) is 37.6 Å². The molecule has 2 fully saturated rings. The average molecular weight is 435 g/mol. The number of nitrogens with one attached hydrogen (secondary N) is 3. The van der Waals surface area contributed by atoms with Gasteiger partial charge in [-0.3, -0.25) is 4.79 Å². The van der Waals surface area contributed by atoms with Gasteiger partial charge in [-0.05, 0) is 63.6 Å². The highest BCUT2D eigenvalue weighted by Crippen LogP contribution is 2.25. The molecule has 2 unspecified atom stereocenters. The van der Waals surface area contributed by atoms with Crippen LogP contribution < -0.4 is 20.9 Å². The van der Waals surface area contributed by atoms with Crippen LogP contribution in [0.15, 0.2) is 18.2 Å². The van der Waals surface area contributed by atoms with Crippen molar-refractivity contribution in [2.24, 2.45) is 5.92 Å².